The molecule has 0 saturated heterocycles. The van der Waals surface area contributed by atoms with Crippen molar-refractivity contribution in [3.63, 3.8) is 0 Å². The van der Waals surface area contributed by atoms with Crippen LogP contribution in [0.1, 0.15) is 61.1 Å². The second-order valence-electron chi connectivity index (χ2n) is 10.1. The summed E-state index contributed by atoms with van der Waals surface area (Å²) in [6, 6.07) is 15.7. The highest BCUT2D eigenvalue weighted by Gasteiger charge is 2.49. The largest absolute Gasteiger partial charge is 0.351 e. The molecule has 2 aliphatic rings. The number of rotatable bonds is 5. The van der Waals surface area contributed by atoms with Crippen LogP contribution in [0.25, 0.3) is 10.9 Å². The molecular formula is C28H32N4O3. The second kappa shape index (κ2) is 8.87. The molecule has 1 fully saturated rings. The summed E-state index contributed by atoms with van der Waals surface area (Å²) in [4.78, 5) is 41.9. The van der Waals surface area contributed by atoms with Gasteiger partial charge in [-0.15, -0.1) is 0 Å². The van der Waals surface area contributed by atoms with Crippen molar-refractivity contribution in [2.75, 3.05) is 5.32 Å². The predicted molar refractivity (Wildman–Crippen MR) is 136 cm³/mol. The Hall–Kier alpha value is -3.61. The molecule has 5 rings (SSSR count). The molecule has 2 heterocycles. The monoisotopic (exact) mass is 472 g/mol. The molecule has 0 spiro atoms. The molecule has 35 heavy (non-hydrogen) atoms. The van der Waals surface area contributed by atoms with Crippen LogP contribution in [-0.4, -0.2) is 38.8 Å². The van der Waals surface area contributed by atoms with Crippen molar-refractivity contribution in [3.05, 3.63) is 65.4 Å². The lowest BCUT2D eigenvalue weighted by molar-refractivity contribution is -0.133. The van der Waals surface area contributed by atoms with Gasteiger partial charge in [0.2, 0.25) is 11.8 Å². The van der Waals surface area contributed by atoms with Gasteiger partial charge in [-0.3, -0.25) is 14.4 Å². The number of para-hydroxylation sites is 1. The van der Waals surface area contributed by atoms with E-state index in [0.717, 1.165) is 47.7 Å². The van der Waals surface area contributed by atoms with Crippen molar-refractivity contribution in [3.8, 4) is 0 Å². The summed E-state index contributed by atoms with van der Waals surface area (Å²) in [6.45, 7) is 5.93. The Kier molecular flexibility index (Phi) is 5.87. The first-order chi connectivity index (χ1) is 16.8. The van der Waals surface area contributed by atoms with Crippen LogP contribution in [-0.2, 0) is 22.7 Å². The zero-order valence-electron chi connectivity index (χ0n) is 20.6. The zero-order chi connectivity index (χ0) is 24.7. The molecule has 1 aromatic heterocycles. The minimum Gasteiger partial charge on any atom is -0.351 e. The van der Waals surface area contributed by atoms with E-state index in [1.54, 1.807) is 4.90 Å². The van der Waals surface area contributed by atoms with Crippen LogP contribution >= 0.6 is 0 Å². The first-order valence-electron chi connectivity index (χ1n) is 12.4. The van der Waals surface area contributed by atoms with Crippen LogP contribution in [0.5, 0.6) is 0 Å². The molecule has 1 atom stereocenters. The van der Waals surface area contributed by atoms with Crippen LogP contribution in [0, 0.1) is 6.92 Å². The Morgan fingerprint density at radius 1 is 1.06 bits per heavy atom. The van der Waals surface area contributed by atoms with Crippen molar-refractivity contribution < 1.29 is 14.4 Å². The lowest BCUT2D eigenvalue weighted by Crippen LogP contribution is -2.64. The summed E-state index contributed by atoms with van der Waals surface area (Å²) in [6.07, 6.45) is 4.16. The van der Waals surface area contributed by atoms with Crippen molar-refractivity contribution >= 4 is 34.3 Å². The number of aromatic nitrogens is 1. The third-order valence-corrected chi connectivity index (χ3v) is 7.55. The van der Waals surface area contributed by atoms with Gasteiger partial charge in [0.25, 0.3) is 5.91 Å². The molecule has 0 radical (unpaired) electrons. The van der Waals surface area contributed by atoms with E-state index in [9.17, 15) is 14.4 Å². The van der Waals surface area contributed by atoms with Crippen LogP contribution in [0.4, 0.5) is 5.69 Å². The minimum atomic E-state index is -1.09. The van der Waals surface area contributed by atoms with Gasteiger partial charge in [0.1, 0.15) is 11.2 Å². The molecule has 0 unspecified atom stereocenters. The number of nitrogens with one attached hydrogen (secondary N) is 2. The fraction of sp³-hybridized carbons (Fsp3) is 0.393. The molecule has 1 aliphatic heterocycles. The maximum atomic E-state index is 14.2. The Bertz CT molecular complexity index is 1320. The number of nitrogens with zero attached hydrogens (tertiary/aromatic N) is 2. The molecular weight excluding hydrogens is 440 g/mol. The van der Waals surface area contributed by atoms with Crippen LogP contribution in [0.3, 0.4) is 0 Å². The SMILES string of the molecule is CC(=O)Nc1c2n(c3ccccc13)C[C@@](C)(C(=O)NC1CCCC1)N(Cc1ccccc1C)C2=O. The van der Waals surface area contributed by atoms with E-state index in [-0.39, 0.29) is 23.8 Å². The first kappa shape index (κ1) is 23.1. The summed E-state index contributed by atoms with van der Waals surface area (Å²) in [7, 11) is 0. The van der Waals surface area contributed by atoms with Gasteiger partial charge in [-0.2, -0.15) is 0 Å². The molecule has 3 aromatic rings. The Balaban J connectivity index is 1.65. The van der Waals surface area contributed by atoms with Crippen molar-refractivity contribution in [1.29, 1.82) is 0 Å². The standard InChI is InChI=1S/C28H32N4O3/c1-18-10-4-5-11-20(18)16-32-26(34)25-24(29-19(2)33)22-14-8-9-15-23(22)31(25)17-28(32,3)27(35)30-21-12-6-7-13-21/h4-5,8-11,14-15,21H,6-7,12-13,16-17H2,1-3H3,(H,29,33)(H,30,35)/t28-/m0/s1. The number of hydrogen-bond acceptors (Lipinski definition) is 3. The van der Waals surface area contributed by atoms with E-state index in [1.165, 1.54) is 6.92 Å². The fourth-order valence-corrected chi connectivity index (χ4v) is 5.55. The number of benzene rings is 2. The van der Waals surface area contributed by atoms with Gasteiger partial charge in [-0.1, -0.05) is 55.3 Å². The van der Waals surface area contributed by atoms with Gasteiger partial charge >= 0.3 is 0 Å². The number of carbonyl (C=O) groups is 3. The topological polar surface area (TPSA) is 83.4 Å². The number of fused-ring (bicyclic) bond motifs is 3. The molecule has 7 heteroatoms. The van der Waals surface area contributed by atoms with Crippen LogP contribution in [0.2, 0.25) is 0 Å². The highest BCUT2D eigenvalue weighted by atomic mass is 16.2. The number of aryl methyl sites for hydroxylation is 1. The van der Waals surface area contributed by atoms with Crippen molar-refractivity contribution in [2.45, 2.75) is 71.1 Å². The molecule has 2 N–H and O–H groups in total. The van der Waals surface area contributed by atoms with Gasteiger partial charge < -0.3 is 20.1 Å². The summed E-state index contributed by atoms with van der Waals surface area (Å²) in [5.41, 5.74) is 2.71. The zero-order valence-corrected chi connectivity index (χ0v) is 20.6. The molecule has 0 bridgehead atoms. The van der Waals surface area contributed by atoms with E-state index in [2.05, 4.69) is 10.6 Å². The van der Waals surface area contributed by atoms with E-state index < -0.39 is 5.54 Å². The molecule has 7 nitrogen and oxygen atoms in total. The third kappa shape index (κ3) is 3.99. The molecule has 2 aromatic carbocycles. The van der Waals surface area contributed by atoms with Gasteiger partial charge in [0, 0.05) is 24.9 Å². The lowest BCUT2D eigenvalue weighted by Gasteiger charge is -2.45. The minimum absolute atomic E-state index is 0.129. The van der Waals surface area contributed by atoms with E-state index in [0.29, 0.717) is 24.5 Å². The quantitative estimate of drug-likeness (QED) is 0.578. The van der Waals surface area contributed by atoms with Gasteiger partial charge in [0.05, 0.1) is 17.7 Å². The van der Waals surface area contributed by atoms with Gasteiger partial charge in [-0.05, 0) is 43.9 Å². The van der Waals surface area contributed by atoms with E-state index in [4.69, 9.17) is 0 Å². The molecule has 1 saturated carbocycles. The molecule has 3 amide bonds. The summed E-state index contributed by atoms with van der Waals surface area (Å²) in [5.74, 6) is -0.630. The number of hydrogen-bond donors (Lipinski definition) is 2. The summed E-state index contributed by atoms with van der Waals surface area (Å²) < 4.78 is 1.91. The average molecular weight is 473 g/mol. The smallest absolute Gasteiger partial charge is 0.273 e. The Morgan fingerprint density at radius 2 is 1.74 bits per heavy atom. The van der Waals surface area contributed by atoms with Gasteiger partial charge in [-0.25, -0.2) is 0 Å². The maximum Gasteiger partial charge on any atom is 0.273 e. The highest BCUT2D eigenvalue weighted by molar-refractivity contribution is 6.14. The van der Waals surface area contributed by atoms with Gasteiger partial charge in [0.15, 0.2) is 0 Å². The lowest BCUT2D eigenvalue weighted by atomic mass is 9.92. The van der Waals surface area contributed by atoms with E-state index in [1.807, 2.05) is 66.9 Å². The first-order valence-corrected chi connectivity index (χ1v) is 12.4. The van der Waals surface area contributed by atoms with Crippen LogP contribution in [0.15, 0.2) is 48.5 Å². The summed E-state index contributed by atoms with van der Waals surface area (Å²) >= 11 is 0. The van der Waals surface area contributed by atoms with Crippen molar-refractivity contribution in [1.82, 2.24) is 14.8 Å². The number of anilines is 1. The normalized spacial score (nSPS) is 20.2. The van der Waals surface area contributed by atoms with E-state index >= 15 is 0 Å². The Morgan fingerprint density at radius 3 is 2.46 bits per heavy atom. The summed E-state index contributed by atoms with van der Waals surface area (Å²) in [5, 5.41) is 6.93. The maximum absolute atomic E-state index is 14.2. The molecule has 1 aliphatic carbocycles. The van der Waals surface area contributed by atoms with Crippen molar-refractivity contribution in [2.24, 2.45) is 0 Å². The van der Waals surface area contributed by atoms with Crippen LogP contribution < -0.4 is 10.6 Å². The highest BCUT2D eigenvalue weighted by Crippen LogP contribution is 2.39. The Labute approximate surface area is 205 Å². The second-order valence-corrected chi connectivity index (χ2v) is 10.1. The fourth-order valence-electron chi connectivity index (χ4n) is 5.55. The third-order valence-electron chi connectivity index (χ3n) is 7.55. The average Bonchev–Trinajstić information content (AvgIpc) is 3.44. The number of carbonyl (C=O) groups excluding carboxylic acids is 3. The predicted octanol–water partition coefficient (Wildman–Crippen LogP) is 4.38. The molecule has 182 valence electrons. The number of amides is 3.